The van der Waals surface area contributed by atoms with Gasteiger partial charge in [0.05, 0.1) is 0 Å². The Morgan fingerprint density at radius 2 is 1.04 bits per heavy atom. The van der Waals surface area contributed by atoms with E-state index in [0.29, 0.717) is 5.69 Å². The van der Waals surface area contributed by atoms with Crippen molar-refractivity contribution in [3.05, 3.63) is 182 Å². The highest BCUT2D eigenvalue weighted by atomic mass is 28.3. The van der Waals surface area contributed by atoms with E-state index in [4.69, 9.17) is 0 Å². The van der Waals surface area contributed by atoms with Gasteiger partial charge in [0.15, 0.2) is 8.07 Å². The van der Waals surface area contributed by atoms with Gasteiger partial charge in [-0.05, 0) is 73.8 Å². The van der Waals surface area contributed by atoms with Crippen molar-refractivity contribution < 1.29 is 0 Å². The third-order valence-corrected chi connectivity index (χ3v) is 13.9. The molecule has 1 aromatic heterocycles. The number of benzene rings is 6. The number of hydrogen-bond acceptors (Lipinski definition) is 3. The number of anilines is 3. The van der Waals surface area contributed by atoms with Crippen LogP contribution in [0.2, 0.25) is 0 Å². The van der Waals surface area contributed by atoms with Crippen molar-refractivity contribution in [2.45, 2.75) is 0 Å². The molecule has 1 aliphatic heterocycles. The lowest BCUT2D eigenvalue weighted by Gasteiger charge is -2.45. The van der Waals surface area contributed by atoms with Crippen LogP contribution >= 0.6 is 0 Å². The Morgan fingerprint density at radius 3 is 1.61 bits per heavy atom. The molecule has 0 N–H and O–H groups in total. The molecule has 0 fully saturated rings. The Bertz CT molecular complexity index is 2130. The topological polar surface area (TPSA) is 39.9 Å². The Kier molecular flexibility index (Phi) is 6.87. The molecule has 216 valence electrons. The van der Waals surface area contributed by atoms with Gasteiger partial charge in [-0.2, -0.15) is 5.26 Å². The van der Waals surface area contributed by atoms with Crippen LogP contribution in [0.15, 0.2) is 176 Å². The molecule has 3 nitrogen and oxygen atoms in total. The van der Waals surface area contributed by atoms with E-state index in [2.05, 4.69) is 174 Å². The van der Waals surface area contributed by atoms with Gasteiger partial charge in [-0.15, -0.1) is 0 Å². The summed E-state index contributed by atoms with van der Waals surface area (Å²) in [5.74, 6) is 0. The van der Waals surface area contributed by atoms with Crippen LogP contribution in [0.1, 0.15) is 5.69 Å². The molecule has 4 heteroatoms. The zero-order chi connectivity index (χ0) is 30.9. The van der Waals surface area contributed by atoms with Crippen molar-refractivity contribution in [1.82, 2.24) is 4.98 Å². The fraction of sp³-hybridized carbons (Fsp3) is 0. The third-order valence-electron chi connectivity index (χ3n) is 9.04. The van der Waals surface area contributed by atoms with E-state index < -0.39 is 8.07 Å². The molecule has 0 saturated carbocycles. The van der Waals surface area contributed by atoms with Crippen LogP contribution in [0.3, 0.4) is 0 Å². The van der Waals surface area contributed by atoms with Crippen LogP contribution in [0.5, 0.6) is 0 Å². The van der Waals surface area contributed by atoms with Crippen molar-refractivity contribution in [1.29, 1.82) is 5.26 Å². The molecule has 0 unspecified atom stereocenters. The summed E-state index contributed by atoms with van der Waals surface area (Å²) in [4.78, 5) is 6.79. The van der Waals surface area contributed by atoms with E-state index in [1.165, 1.54) is 32.1 Å². The number of nitrogens with zero attached hydrogens (tertiary/aromatic N) is 3. The highest BCUT2D eigenvalue weighted by Gasteiger charge is 2.48. The molecular weight excluding hydrogens is 575 g/mol. The minimum Gasteiger partial charge on any atom is -0.311 e. The average molecular weight is 604 g/mol. The van der Waals surface area contributed by atoms with E-state index in [1.807, 2.05) is 6.07 Å². The molecule has 0 atom stereocenters. The van der Waals surface area contributed by atoms with Crippen molar-refractivity contribution in [3.8, 4) is 28.3 Å². The van der Waals surface area contributed by atoms with Gasteiger partial charge in [0.2, 0.25) is 0 Å². The van der Waals surface area contributed by atoms with Crippen LogP contribution in [0, 0.1) is 11.3 Å². The van der Waals surface area contributed by atoms with E-state index >= 15 is 0 Å². The summed E-state index contributed by atoms with van der Waals surface area (Å²) in [5.41, 5.74) is 8.24. The lowest BCUT2D eigenvalue weighted by Crippen LogP contribution is -2.77. The van der Waals surface area contributed by atoms with Gasteiger partial charge in [0, 0.05) is 28.8 Å². The highest BCUT2D eigenvalue weighted by Crippen LogP contribution is 2.40. The molecule has 0 amide bonds. The molecule has 0 aliphatic carbocycles. The van der Waals surface area contributed by atoms with E-state index in [0.717, 1.165) is 27.9 Å². The van der Waals surface area contributed by atoms with Gasteiger partial charge >= 0.3 is 0 Å². The van der Waals surface area contributed by atoms with Crippen molar-refractivity contribution >= 4 is 45.9 Å². The second-order valence-electron chi connectivity index (χ2n) is 11.5. The number of fused-ring (bicyclic) bond motifs is 2. The Labute approximate surface area is 270 Å². The first-order valence-electron chi connectivity index (χ1n) is 15.5. The molecule has 0 spiro atoms. The minimum absolute atomic E-state index is 0.413. The Morgan fingerprint density at radius 1 is 0.500 bits per heavy atom. The first-order chi connectivity index (χ1) is 22.8. The third kappa shape index (κ3) is 4.37. The van der Waals surface area contributed by atoms with Crippen LogP contribution in [0.25, 0.3) is 22.3 Å². The van der Waals surface area contributed by atoms with Gasteiger partial charge in [-0.25, -0.2) is 4.98 Å². The largest absolute Gasteiger partial charge is 0.311 e. The SMILES string of the molecule is N#Cc1ccc(-c2ccccc2-c2cccc(N3c4ccccc4[Si](c4ccccc4)(c4ccccc4)c4ccccc43)c2)cn1. The first-order valence-corrected chi connectivity index (χ1v) is 17.5. The Balaban J connectivity index is 1.35. The minimum atomic E-state index is -2.66. The van der Waals surface area contributed by atoms with Crippen LogP contribution < -0.4 is 25.6 Å². The number of hydrogen-bond donors (Lipinski definition) is 0. The smallest absolute Gasteiger partial charge is 0.184 e. The molecule has 1 aliphatic rings. The summed E-state index contributed by atoms with van der Waals surface area (Å²) >= 11 is 0. The fourth-order valence-electron chi connectivity index (χ4n) is 7.11. The summed E-state index contributed by atoms with van der Waals surface area (Å²) in [6, 6.07) is 63.3. The van der Waals surface area contributed by atoms with Crippen LogP contribution in [0.4, 0.5) is 17.1 Å². The molecule has 0 radical (unpaired) electrons. The average Bonchev–Trinajstić information content (AvgIpc) is 3.14. The fourth-order valence-corrected chi connectivity index (χ4v) is 12.2. The number of para-hydroxylation sites is 2. The van der Waals surface area contributed by atoms with Crippen molar-refractivity contribution in [3.63, 3.8) is 0 Å². The van der Waals surface area contributed by atoms with Gasteiger partial charge in [0.1, 0.15) is 11.8 Å². The number of rotatable bonds is 5. The zero-order valence-corrected chi connectivity index (χ0v) is 26.1. The lowest BCUT2D eigenvalue weighted by atomic mass is 9.95. The molecule has 0 saturated heterocycles. The molecular formula is C42H29N3Si. The lowest BCUT2D eigenvalue weighted by molar-refractivity contribution is 1.26. The summed E-state index contributed by atoms with van der Waals surface area (Å²) in [7, 11) is -2.66. The Hall–Kier alpha value is -6.02. The van der Waals surface area contributed by atoms with E-state index in [1.54, 1.807) is 12.3 Å². The monoisotopic (exact) mass is 603 g/mol. The van der Waals surface area contributed by atoms with Crippen molar-refractivity contribution in [2.75, 3.05) is 4.90 Å². The number of nitriles is 1. The predicted octanol–water partition coefficient (Wildman–Crippen LogP) is 7.45. The molecule has 46 heavy (non-hydrogen) atoms. The summed E-state index contributed by atoms with van der Waals surface area (Å²) in [5, 5.41) is 14.8. The standard InChI is InChI=1S/C42H29N3Si/c43-29-33-27-26-32(30-44-33)38-21-8-7-20-37(38)31-14-13-15-34(28-31)45-39-22-9-11-24-41(39)46(35-16-3-1-4-17-35,36-18-5-2-6-19-36)42-25-12-10-23-40(42)45/h1-28,30H. The predicted molar refractivity (Wildman–Crippen MR) is 192 cm³/mol. The van der Waals surface area contributed by atoms with Gasteiger partial charge in [-0.3, -0.25) is 0 Å². The molecule has 2 heterocycles. The summed E-state index contributed by atoms with van der Waals surface area (Å²) in [6.07, 6.45) is 1.79. The zero-order valence-electron chi connectivity index (χ0n) is 25.1. The summed E-state index contributed by atoms with van der Waals surface area (Å²) < 4.78 is 0. The summed E-state index contributed by atoms with van der Waals surface area (Å²) in [6.45, 7) is 0. The van der Waals surface area contributed by atoms with Crippen LogP contribution in [-0.2, 0) is 0 Å². The maximum atomic E-state index is 9.27. The quantitative estimate of drug-likeness (QED) is 0.192. The second-order valence-corrected chi connectivity index (χ2v) is 15.2. The second kappa shape index (κ2) is 11.5. The first kappa shape index (κ1) is 27.5. The highest BCUT2D eigenvalue weighted by molar-refractivity contribution is 7.21. The van der Waals surface area contributed by atoms with Gasteiger partial charge < -0.3 is 4.90 Å². The maximum Gasteiger partial charge on any atom is 0.184 e. The van der Waals surface area contributed by atoms with Gasteiger partial charge in [0.25, 0.3) is 0 Å². The molecule has 0 bridgehead atoms. The van der Waals surface area contributed by atoms with E-state index in [9.17, 15) is 5.26 Å². The van der Waals surface area contributed by atoms with Gasteiger partial charge in [-0.1, -0.05) is 133 Å². The number of aromatic nitrogens is 1. The molecule has 7 aromatic rings. The van der Waals surface area contributed by atoms with E-state index in [-0.39, 0.29) is 0 Å². The van der Waals surface area contributed by atoms with Crippen LogP contribution in [-0.4, -0.2) is 13.1 Å². The normalized spacial score (nSPS) is 12.9. The van der Waals surface area contributed by atoms with Crippen molar-refractivity contribution in [2.24, 2.45) is 0 Å². The maximum absolute atomic E-state index is 9.27. The number of pyridine rings is 1. The molecule has 8 rings (SSSR count). The molecule has 6 aromatic carbocycles.